The maximum absolute atomic E-state index is 11.0. The van der Waals surface area contributed by atoms with Gasteiger partial charge in [0.1, 0.15) is 0 Å². The Morgan fingerprint density at radius 2 is 1.84 bits per heavy atom. The zero-order chi connectivity index (χ0) is 14.8. The molecule has 0 fully saturated rings. The molecule has 19 heavy (non-hydrogen) atoms. The van der Waals surface area contributed by atoms with Crippen LogP contribution in [-0.4, -0.2) is 25.3 Å². The van der Waals surface area contributed by atoms with Crippen molar-refractivity contribution >= 4 is 21.9 Å². The van der Waals surface area contributed by atoms with Gasteiger partial charge in [0.2, 0.25) is 0 Å². The second kappa shape index (κ2) is 5.82. The van der Waals surface area contributed by atoms with Crippen LogP contribution in [0.5, 0.6) is 11.5 Å². The number of methoxy groups -OCH3 is 2. The summed E-state index contributed by atoms with van der Waals surface area (Å²) in [6, 6.07) is 1.90. The van der Waals surface area contributed by atoms with E-state index in [1.807, 2.05) is 26.8 Å². The topological polar surface area (TPSA) is 55.8 Å². The van der Waals surface area contributed by atoms with Crippen LogP contribution in [0.4, 0.5) is 0 Å². The highest BCUT2D eigenvalue weighted by Crippen LogP contribution is 2.44. The van der Waals surface area contributed by atoms with Gasteiger partial charge in [0.15, 0.2) is 11.5 Å². The van der Waals surface area contributed by atoms with Crippen LogP contribution in [0.15, 0.2) is 10.5 Å². The van der Waals surface area contributed by atoms with Gasteiger partial charge in [0.25, 0.3) is 0 Å². The van der Waals surface area contributed by atoms with Gasteiger partial charge in [0, 0.05) is 21.0 Å². The number of benzene rings is 1. The van der Waals surface area contributed by atoms with Gasteiger partial charge in [0.05, 0.1) is 20.6 Å². The Balaban J connectivity index is 3.50. The number of ether oxygens (including phenoxy) is 2. The number of carboxylic acids is 1. The van der Waals surface area contributed by atoms with Crippen LogP contribution in [0.25, 0.3) is 0 Å². The number of rotatable bonds is 5. The Hall–Kier alpha value is -1.23. The lowest BCUT2D eigenvalue weighted by Gasteiger charge is -2.27. The average molecular weight is 331 g/mol. The fourth-order valence-electron chi connectivity index (χ4n) is 2.13. The number of carboxylic acid groups (broad SMARTS) is 1. The molecule has 0 radical (unpaired) electrons. The summed E-state index contributed by atoms with van der Waals surface area (Å²) in [4.78, 5) is 11.0. The van der Waals surface area contributed by atoms with Crippen molar-refractivity contribution in [3.05, 3.63) is 21.7 Å². The largest absolute Gasteiger partial charge is 0.493 e. The maximum Gasteiger partial charge on any atom is 0.304 e. The Labute approximate surface area is 121 Å². The first kappa shape index (κ1) is 15.8. The summed E-state index contributed by atoms with van der Waals surface area (Å²) in [5.74, 6) is 0.377. The third-order valence-electron chi connectivity index (χ3n) is 3.15. The fraction of sp³-hybridized carbons (Fsp3) is 0.500. The van der Waals surface area contributed by atoms with E-state index < -0.39 is 11.4 Å². The molecule has 0 aliphatic carbocycles. The van der Waals surface area contributed by atoms with E-state index in [-0.39, 0.29) is 6.42 Å². The minimum absolute atomic E-state index is 0.0159. The Bertz CT molecular complexity index is 495. The SMILES string of the molecule is COc1c(C(C)(C)CC(=O)O)cc(Br)c(C)c1OC. The lowest BCUT2D eigenvalue weighted by molar-refractivity contribution is -0.138. The van der Waals surface area contributed by atoms with E-state index in [1.54, 1.807) is 14.2 Å². The van der Waals surface area contributed by atoms with E-state index in [1.165, 1.54) is 0 Å². The number of hydrogen-bond acceptors (Lipinski definition) is 3. The molecule has 0 atom stereocenters. The molecule has 0 aliphatic rings. The Kier molecular flexibility index (Phi) is 4.85. The number of aliphatic carboxylic acids is 1. The number of carbonyl (C=O) groups is 1. The lowest BCUT2D eigenvalue weighted by atomic mass is 9.80. The van der Waals surface area contributed by atoms with Crippen LogP contribution in [0.1, 0.15) is 31.4 Å². The quantitative estimate of drug-likeness (QED) is 0.897. The molecule has 0 unspecified atom stereocenters. The molecular formula is C14H19BrO4. The average Bonchev–Trinajstić information content (AvgIpc) is 2.29. The second-order valence-electron chi connectivity index (χ2n) is 5.05. The molecule has 0 spiro atoms. The minimum Gasteiger partial charge on any atom is -0.493 e. The van der Waals surface area contributed by atoms with E-state index >= 15 is 0 Å². The van der Waals surface area contributed by atoms with Crippen LogP contribution < -0.4 is 9.47 Å². The monoisotopic (exact) mass is 330 g/mol. The standard InChI is InChI=1S/C14H19BrO4/c1-8-10(15)6-9(13(19-5)12(8)18-4)14(2,3)7-11(16)17/h6H,7H2,1-5H3,(H,16,17). The fourth-order valence-corrected chi connectivity index (χ4v) is 2.54. The smallest absolute Gasteiger partial charge is 0.304 e. The lowest BCUT2D eigenvalue weighted by Crippen LogP contribution is -2.23. The molecule has 4 nitrogen and oxygen atoms in total. The molecule has 0 aromatic heterocycles. The maximum atomic E-state index is 11.0. The molecule has 5 heteroatoms. The van der Waals surface area contributed by atoms with Gasteiger partial charge < -0.3 is 14.6 Å². The molecule has 0 amide bonds. The van der Waals surface area contributed by atoms with Gasteiger partial charge in [-0.25, -0.2) is 0 Å². The van der Waals surface area contributed by atoms with Crippen LogP contribution in [-0.2, 0) is 10.2 Å². The molecular weight excluding hydrogens is 312 g/mol. The molecule has 1 rings (SSSR count). The van der Waals surface area contributed by atoms with Crippen LogP contribution in [0.3, 0.4) is 0 Å². The highest BCUT2D eigenvalue weighted by atomic mass is 79.9. The normalized spacial score (nSPS) is 11.3. The molecule has 0 saturated carbocycles. The summed E-state index contributed by atoms with van der Waals surface area (Å²) in [7, 11) is 3.14. The van der Waals surface area contributed by atoms with Crippen molar-refractivity contribution in [3.8, 4) is 11.5 Å². The zero-order valence-corrected chi connectivity index (χ0v) is 13.4. The highest BCUT2D eigenvalue weighted by Gasteiger charge is 2.30. The first-order valence-corrected chi connectivity index (χ1v) is 6.67. The molecule has 0 bridgehead atoms. The van der Waals surface area contributed by atoms with Crippen molar-refractivity contribution in [1.29, 1.82) is 0 Å². The van der Waals surface area contributed by atoms with Crippen LogP contribution in [0.2, 0.25) is 0 Å². The van der Waals surface area contributed by atoms with E-state index in [0.29, 0.717) is 11.5 Å². The van der Waals surface area contributed by atoms with E-state index in [2.05, 4.69) is 15.9 Å². The molecule has 0 aliphatic heterocycles. The molecule has 1 aromatic carbocycles. The molecule has 0 heterocycles. The molecule has 1 aromatic rings. The van der Waals surface area contributed by atoms with E-state index in [4.69, 9.17) is 14.6 Å². The van der Waals surface area contributed by atoms with Crippen molar-refractivity contribution in [2.75, 3.05) is 14.2 Å². The van der Waals surface area contributed by atoms with E-state index in [9.17, 15) is 4.79 Å². The third kappa shape index (κ3) is 3.21. The van der Waals surface area contributed by atoms with Crippen molar-refractivity contribution in [3.63, 3.8) is 0 Å². The molecule has 1 N–H and O–H groups in total. The van der Waals surface area contributed by atoms with Crippen molar-refractivity contribution in [2.24, 2.45) is 0 Å². The van der Waals surface area contributed by atoms with Crippen LogP contribution in [0, 0.1) is 6.92 Å². The summed E-state index contributed by atoms with van der Waals surface area (Å²) in [6.45, 7) is 5.67. The summed E-state index contributed by atoms with van der Waals surface area (Å²) in [6.07, 6.45) is 0.0159. The first-order valence-electron chi connectivity index (χ1n) is 5.88. The predicted octanol–water partition coefficient (Wildman–Crippen LogP) is 3.53. The predicted molar refractivity (Wildman–Crippen MR) is 77.3 cm³/mol. The summed E-state index contributed by atoms with van der Waals surface area (Å²) < 4.78 is 11.7. The van der Waals surface area contributed by atoms with Crippen molar-refractivity contribution in [2.45, 2.75) is 32.6 Å². The number of halogens is 1. The zero-order valence-electron chi connectivity index (χ0n) is 11.8. The first-order chi connectivity index (χ1) is 8.74. The minimum atomic E-state index is -0.845. The van der Waals surface area contributed by atoms with Crippen molar-refractivity contribution in [1.82, 2.24) is 0 Å². The Morgan fingerprint density at radius 1 is 1.32 bits per heavy atom. The van der Waals surface area contributed by atoms with Gasteiger partial charge in [-0.1, -0.05) is 29.8 Å². The number of hydrogen-bond donors (Lipinski definition) is 1. The molecule has 0 saturated heterocycles. The third-order valence-corrected chi connectivity index (χ3v) is 3.97. The van der Waals surface area contributed by atoms with Crippen molar-refractivity contribution < 1.29 is 19.4 Å². The van der Waals surface area contributed by atoms with Crippen LogP contribution >= 0.6 is 15.9 Å². The van der Waals surface area contributed by atoms with Gasteiger partial charge in [-0.15, -0.1) is 0 Å². The Morgan fingerprint density at radius 3 is 2.26 bits per heavy atom. The summed E-state index contributed by atoms with van der Waals surface area (Å²) >= 11 is 3.48. The highest BCUT2D eigenvalue weighted by molar-refractivity contribution is 9.10. The summed E-state index contributed by atoms with van der Waals surface area (Å²) in [5, 5.41) is 9.04. The van der Waals surface area contributed by atoms with Gasteiger partial charge >= 0.3 is 5.97 Å². The second-order valence-corrected chi connectivity index (χ2v) is 5.91. The van der Waals surface area contributed by atoms with E-state index in [0.717, 1.165) is 15.6 Å². The van der Waals surface area contributed by atoms with Gasteiger partial charge in [-0.2, -0.15) is 0 Å². The molecule has 106 valence electrons. The van der Waals surface area contributed by atoms with Gasteiger partial charge in [-0.05, 0) is 13.0 Å². The van der Waals surface area contributed by atoms with Gasteiger partial charge in [-0.3, -0.25) is 4.79 Å². The summed E-state index contributed by atoms with van der Waals surface area (Å²) in [5.41, 5.74) is 1.18.